The van der Waals surface area contributed by atoms with Crippen LogP contribution in [0.2, 0.25) is 0 Å². The molecule has 4 rings (SSSR count). The van der Waals surface area contributed by atoms with Crippen molar-refractivity contribution in [3.05, 3.63) is 65.1 Å². The molecule has 2 aromatic heterocycles. The predicted molar refractivity (Wildman–Crippen MR) is 103 cm³/mol. The highest BCUT2D eigenvalue weighted by Gasteiger charge is 2.30. The van der Waals surface area contributed by atoms with E-state index in [0.29, 0.717) is 29.5 Å². The first kappa shape index (κ1) is 18.3. The smallest absolute Gasteiger partial charge is 0.254 e. The molecule has 0 bridgehead atoms. The third kappa shape index (κ3) is 3.65. The highest BCUT2D eigenvalue weighted by atomic mass is 19.1. The third-order valence-electron chi connectivity index (χ3n) is 4.98. The maximum absolute atomic E-state index is 13.6. The molecular formula is C21H22FN5O. The van der Waals surface area contributed by atoms with E-state index < -0.39 is 5.82 Å². The van der Waals surface area contributed by atoms with Crippen molar-refractivity contribution in [2.24, 2.45) is 0 Å². The zero-order chi connectivity index (χ0) is 19.7. The van der Waals surface area contributed by atoms with Gasteiger partial charge in [0.25, 0.3) is 5.91 Å². The number of hydrogen-bond donors (Lipinski definition) is 1. The lowest BCUT2D eigenvalue weighted by atomic mass is 9.97. The summed E-state index contributed by atoms with van der Waals surface area (Å²) in [7, 11) is 0. The quantitative estimate of drug-likeness (QED) is 0.747. The monoisotopic (exact) mass is 379 g/mol. The van der Waals surface area contributed by atoms with Gasteiger partial charge in [0.2, 0.25) is 0 Å². The van der Waals surface area contributed by atoms with Crippen LogP contribution in [0.1, 0.15) is 52.9 Å². The normalized spacial score (nSPS) is 17.0. The Hall–Kier alpha value is -3.09. The number of halogens is 1. The average molecular weight is 379 g/mol. The van der Waals surface area contributed by atoms with Crippen LogP contribution < -0.4 is 0 Å². The van der Waals surface area contributed by atoms with E-state index in [2.05, 4.69) is 19.9 Å². The summed E-state index contributed by atoms with van der Waals surface area (Å²) in [6, 6.07) is 7.58. The van der Waals surface area contributed by atoms with Gasteiger partial charge >= 0.3 is 0 Å². The van der Waals surface area contributed by atoms with Gasteiger partial charge < -0.3 is 9.88 Å². The molecule has 1 unspecified atom stereocenters. The van der Waals surface area contributed by atoms with E-state index in [0.717, 1.165) is 30.7 Å². The molecule has 1 fully saturated rings. The molecule has 0 saturated carbocycles. The van der Waals surface area contributed by atoms with Crippen LogP contribution in [-0.4, -0.2) is 37.3 Å². The van der Waals surface area contributed by atoms with Crippen LogP contribution in [0.15, 0.2) is 36.5 Å². The van der Waals surface area contributed by atoms with E-state index in [1.807, 2.05) is 19.9 Å². The first-order valence-corrected chi connectivity index (χ1v) is 9.45. The van der Waals surface area contributed by atoms with E-state index in [4.69, 9.17) is 0 Å². The Kier molecular flexibility index (Phi) is 4.90. The maximum Gasteiger partial charge on any atom is 0.254 e. The summed E-state index contributed by atoms with van der Waals surface area (Å²) in [4.78, 5) is 31.5. The summed E-state index contributed by atoms with van der Waals surface area (Å²) >= 11 is 0. The van der Waals surface area contributed by atoms with Gasteiger partial charge in [-0.15, -0.1) is 0 Å². The van der Waals surface area contributed by atoms with Gasteiger partial charge in [0, 0.05) is 24.0 Å². The Bertz CT molecular complexity index is 1020. The van der Waals surface area contributed by atoms with Crippen molar-refractivity contribution >= 4 is 5.91 Å². The van der Waals surface area contributed by atoms with Crippen molar-refractivity contribution in [1.82, 2.24) is 24.8 Å². The van der Waals surface area contributed by atoms with Gasteiger partial charge in [0.1, 0.15) is 17.3 Å². The number of hydrogen-bond acceptors (Lipinski definition) is 4. The average Bonchev–Trinajstić information content (AvgIpc) is 3.13. The molecule has 144 valence electrons. The first-order valence-electron chi connectivity index (χ1n) is 9.45. The summed E-state index contributed by atoms with van der Waals surface area (Å²) < 4.78 is 13.6. The standard InChI is InChI=1S/C21H22FN5O/c1-13-12-23-20(24-13)18-11-17(25-14(2)26-18)19-8-3-4-9-27(19)21(28)15-6-5-7-16(22)10-15/h5-7,10-12,19H,3-4,8-9H2,1-2H3,(H,23,24). The van der Waals surface area contributed by atoms with Gasteiger partial charge in [-0.05, 0) is 57.4 Å². The van der Waals surface area contributed by atoms with E-state index in [-0.39, 0.29) is 11.9 Å². The Labute approximate surface area is 162 Å². The van der Waals surface area contributed by atoms with Gasteiger partial charge in [-0.1, -0.05) is 6.07 Å². The second kappa shape index (κ2) is 7.50. The SMILES string of the molecule is Cc1nc(-c2ncc(C)[nH]2)cc(C2CCCCN2C(=O)c2cccc(F)c2)n1. The van der Waals surface area contributed by atoms with E-state index in [1.165, 1.54) is 12.1 Å². The van der Waals surface area contributed by atoms with Gasteiger partial charge in [-0.2, -0.15) is 0 Å². The minimum Gasteiger partial charge on any atom is -0.341 e. The molecule has 3 heterocycles. The van der Waals surface area contributed by atoms with Gasteiger partial charge in [0.15, 0.2) is 5.82 Å². The summed E-state index contributed by atoms with van der Waals surface area (Å²) in [5.74, 6) is 0.733. The zero-order valence-corrected chi connectivity index (χ0v) is 15.9. The fourth-order valence-electron chi connectivity index (χ4n) is 3.70. The highest BCUT2D eigenvalue weighted by molar-refractivity contribution is 5.94. The molecule has 1 N–H and O–H groups in total. The van der Waals surface area contributed by atoms with E-state index >= 15 is 0 Å². The Morgan fingerprint density at radius 3 is 2.82 bits per heavy atom. The fraction of sp³-hybridized carbons (Fsp3) is 0.333. The minimum atomic E-state index is -0.409. The van der Waals surface area contributed by atoms with Crippen molar-refractivity contribution in [3.63, 3.8) is 0 Å². The summed E-state index contributed by atoms with van der Waals surface area (Å²) in [5.41, 5.74) is 2.81. The number of amides is 1. The van der Waals surface area contributed by atoms with Gasteiger partial charge in [-0.3, -0.25) is 4.79 Å². The van der Waals surface area contributed by atoms with Crippen molar-refractivity contribution in [3.8, 4) is 11.5 Å². The number of aromatic amines is 1. The van der Waals surface area contributed by atoms with Crippen molar-refractivity contribution in [1.29, 1.82) is 0 Å². The van der Waals surface area contributed by atoms with E-state index in [9.17, 15) is 9.18 Å². The molecule has 7 heteroatoms. The van der Waals surface area contributed by atoms with Crippen LogP contribution in [0.3, 0.4) is 0 Å². The number of H-pyrrole nitrogens is 1. The predicted octanol–water partition coefficient (Wildman–Crippen LogP) is 3.99. The van der Waals surface area contributed by atoms with Gasteiger partial charge in [0.05, 0.1) is 11.7 Å². The molecule has 0 spiro atoms. The topological polar surface area (TPSA) is 74.8 Å². The Balaban J connectivity index is 1.70. The molecule has 1 amide bonds. The van der Waals surface area contributed by atoms with Crippen LogP contribution in [-0.2, 0) is 0 Å². The lowest BCUT2D eigenvalue weighted by Crippen LogP contribution is -2.39. The molecule has 1 aliphatic heterocycles. The molecule has 3 aromatic rings. The number of nitrogens with zero attached hydrogens (tertiary/aromatic N) is 4. The number of likely N-dealkylation sites (tertiary alicyclic amines) is 1. The van der Waals surface area contributed by atoms with Crippen LogP contribution in [0.5, 0.6) is 0 Å². The summed E-state index contributed by atoms with van der Waals surface area (Å²) in [5, 5.41) is 0. The number of carbonyl (C=O) groups excluding carboxylic acids is 1. The molecule has 28 heavy (non-hydrogen) atoms. The van der Waals surface area contributed by atoms with Crippen LogP contribution in [0.25, 0.3) is 11.5 Å². The maximum atomic E-state index is 13.6. The summed E-state index contributed by atoms with van der Waals surface area (Å²) in [6.45, 7) is 4.40. The molecule has 1 aromatic carbocycles. The number of piperidine rings is 1. The number of nitrogens with one attached hydrogen (secondary N) is 1. The van der Waals surface area contributed by atoms with Crippen molar-refractivity contribution in [2.75, 3.05) is 6.54 Å². The number of aryl methyl sites for hydroxylation is 2. The van der Waals surface area contributed by atoms with Crippen molar-refractivity contribution < 1.29 is 9.18 Å². The molecule has 0 radical (unpaired) electrons. The van der Waals surface area contributed by atoms with E-state index in [1.54, 1.807) is 23.2 Å². The number of benzene rings is 1. The number of rotatable bonds is 3. The molecule has 1 atom stereocenters. The summed E-state index contributed by atoms with van der Waals surface area (Å²) in [6.07, 6.45) is 4.50. The Morgan fingerprint density at radius 1 is 1.21 bits per heavy atom. The lowest BCUT2D eigenvalue weighted by Gasteiger charge is -2.35. The lowest BCUT2D eigenvalue weighted by molar-refractivity contribution is 0.0605. The number of imidazole rings is 1. The minimum absolute atomic E-state index is 0.166. The van der Waals surface area contributed by atoms with Crippen molar-refractivity contribution in [2.45, 2.75) is 39.2 Å². The van der Waals surface area contributed by atoms with Gasteiger partial charge in [-0.25, -0.2) is 19.3 Å². The third-order valence-corrected chi connectivity index (χ3v) is 4.98. The molecule has 1 saturated heterocycles. The zero-order valence-electron chi connectivity index (χ0n) is 15.9. The molecule has 1 aliphatic rings. The first-order chi connectivity index (χ1) is 13.5. The molecular weight excluding hydrogens is 357 g/mol. The molecule has 6 nitrogen and oxygen atoms in total. The second-order valence-corrected chi connectivity index (χ2v) is 7.16. The molecule has 0 aliphatic carbocycles. The second-order valence-electron chi connectivity index (χ2n) is 7.16. The highest BCUT2D eigenvalue weighted by Crippen LogP contribution is 2.32. The number of carbonyl (C=O) groups is 1. The van der Waals surface area contributed by atoms with Crippen LogP contribution >= 0.6 is 0 Å². The Morgan fingerprint density at radius 2 is 2.07 bits per heavy atom. The largest absolute Gasteiger partial charge is 0.341 e. The fourth-order valence-corrected chi connectivity index (χ4v) is 3.70. The van der Waals surface area contributed by atoms with Crippen LogP contribution in [0.4, 0.5) is 4.39 Å². The van der Waals surface area contributed by atoms with Crippen LogP contribution in [0, 0.1) is 19.7 Å². The number of aromatic nitrogens is 4.